The summed E-state index contributed by atoms with van der Waals surface area (Å²) in [5.41, 5.74) is -0.0848. The van der Waals surface area contributed by atoms with Crippen LogP contribution in [0.15, 0.2) is 36.5 Å². The molecule has 1 saturated carbocycles. The van der Waals surface area contributed by atoms with Gasteiger partial charge in [0.05, 0.1) is 0 Å². The normalized spacial score (nSPS) is 22.9. The maximum Gasteiger partial charge on any atom is 0.142 e. The molecule has 1 fully saturated rings. The molecule has 0 bridgehead atoms. The lowest BCUT2D eigenvalue weighted by molar-refractivity contribution is -0.135. The molecule has 0 N–H and O–H groups in total. The van der Waals surface area contributed by atoms with Gasteiger partial charge in [0, 0.05) is 17.3 Å². The predicted molar refractivity (Wildman–Crippen MR) is 85.4 cm³/mol. The summed E-state index contributed by atoms with van der Waals surface area (Å²) in [5.74, 6) is 1.40. The van der Waals surface area contributed by atoms with Gasteiger partial charge in [0.2, 0.25) is 0 Å². The van der Waals surface area contributed by atoms with Crippen molar-refractivity contribution >= 4 is 5.78 Å². The second-order valence-corrected chi connectivity index (χ2v) is 7.75. The highest BCUT2D eigenvalue weighted by Crippen LogP contribution is 2.61. The summed E-state index contributed by atoms with van der Waals surface area (Å²) in [7, 11) is 0. The van der Waals surface area contributed by atoms with Crippen LogP contribution >= 0.6 is 0 Å². The first kappa shape index (κ1) is 15.3. The molecule has 20 heavy (non-hydrogen) atoms. The van der Waals surface area contributed by atoms with Gasteiger partial charge in [-0.3, -0.25) is 4.79 Å². The van der Waals surface area contributed by atoms with Crippen molar-refractivity contribution in [2.75, 3.05) is 0 Å². The molecule has 1 nitrogen and oxygen atoms in total. The lowest BCUT2D eigenvalue weighted by atomic mass is 9.66. The molecule has 2 aliphatic carbocycles. The average Bonchev–Trinajstić information content (AvgIpc) is 3.10. The minimum absolute atomic E-state index is 0.164. The number of hydrogen-bond donors (Lipinski definition) is 0. The highest BCUT2D eigenvalue weighted by Gasteiger charge is 2.57. The molecule has 0 spiro atoms. The minimum atomic E-state index is -0.249. The first-order valence-electron chi connectivity index (χ1n) is 7.85. The third-order valence-corrected chi connectivity index (χ3v) is 4.77. The zero-order valence-electron chi connectivity index (χ0n) is 13.5. The van der Waals surface area contributed by atoms with Crippen LogP contribution in [0, 0.1) is 28.6 Å². The van der Waals surface area contributed by atoms with E-state index in [2.05, 4.69) is 71.1 Å². The first-order chi connectivity index (χ1) is 9.29. The van der Waals surface area contributed by atoms with E-state index in [1.165, 1.54) is 12.8 Å². The Morgan fingerprint density at radius 3 is 1.90 bits per heavy atom. The number of carbonyl (C=O) groups is 1. The molecule has 1 unspecified atom stereocenters. The van der Waals surface area contributed by atoms with Crippen LogP contribution in [0.1, 0.15) is 47.5 Å². The fourth-order valence-electron chi connectivity index (χ4n) is 3.63. The van der Waals surface area contributed by atoms with Gasteiger partial charge in [-0.05, 0) is 24.2 Å². The standard InChI is InChI=1S/C19H28O/c1-14(2)16(17(20)18(3,4)5)19(12-13-19)15-10-8-6-7-9-11-15/h6-11,14-16H,12-13H2,1-5H3. The Kier molecular flexibility index (Phi) is 4.09. The molecule has 2 aliphatic rings. The fourth-order valence-corrected chi connectivity index (χ4v) is 3.63. The quantitative estimate of drug-likeness (QED) is 0.707. The van der Waals surface area contributed by atoms with E-state index in [0.717, 1.165) is 0 Å². The van der Waals surface area contributed by atoms with E-state index in [0.29, 0.717) is 17.6 Å². The van der Waals surface area contributed by atoms with Crippen molar-refractivity contribution in [3.8, 4) is 0 Å². The monoisotopic (exact) mass is 272 g/mol. The van der Waals surface area contributed by atoms with Crippen LogP contribution in [0.25, 0.3) is 0 Å². The Hall–Kier alpha value is -1.11. The highest BCUT2D eigenvalue weighted by atomic mass is 16.1. The predicted octanol–water partition coefficient (Wildman–Crippen LogP) is 4.95. The van der Waals surface area contributed by atoms with Crippen LogP contribution in [0.2, 0.25) is 0 Å². The number of rotatable bonds is 4. The van der Waals surface area contributed by atoms with E-state index in [1.807, 2.05) is 0 Å². The largest absolute Gasteiger partial charge is 0.299 e. The molecule has 0 aromatic carbocycles. The number of hydrogen-bond acceptors (Lipinski definition) is 1. The summed E-state index contributed by atoms with van der Waals surface area (Å²) in [6.45, 7) is 10.6. The van der Waals surface area contributed by atoms with Crippen molar-refractivity contribution < 1.29 is 4.79 Å². The second kappa shape index (κ2) is 5.35. The van der Waals surface area contributed by atoms with Gasteiger partial charge in [-0.2, -0.15) is 0 Å². The fraction of sp³-hybridized carbons (Fsp3) is 0.632. The van der Waals surface area contributed by atoms with E-state index < -0.39 is 0 Å². The van der Waals surface area contributed by atoms with Crippen molar-refractivity contribution in [2.24, 2.45) is 28.6 Å². The lowest BCUT2D eigenvalue weighted by Gasteiger charge is -2.37. The van der Waals surface area contributed by atoms with E-state index in [-0.39, 0.29) is 16.7 Å². The van der Waals surface area contributed by atoms with Crippen LogP contribution in [-0.4, -0.2) is 5.78 Å². The SMILES string of the molecule is CC(C)C(C(=O)C(C)(C)C)C1(C2C=CC=CC=C2)CC1. The van der Waals surface area contributed by atoms with Gasteiger partial charge >= 0.3 is 0 Å². The van der Waals surface area contributed by atoms with Crippen molar-refractivity contribution in [1.82, 2.24) is 0 Å². The summed E-state index contributed by atoms with van der Waals surface area (Å²) in [4.78, 5) is 13.0. The third-order valence-electron chi connectivity index (χ3n) is 4.77. The Bertz CT molecular complexity index is 437. The van der Waals surface area contributed by atoms with Gasteiger partial charge in [-0.25, -0.2) is 0 Å². The molecule has 0 aromatic heterocycles. The smallest absolute Gasteiger partial charge is 0.142 e. The van der Waals surface area contributed by atoms with E-state index in [4.69, 9.17) is 0 Å². The van der Waals surface area contributed by atoms with Crippen LogP contribution in [-0.2, 0) is 4.79 Å². The molecule has 110 valence electrons. The molecule has 2 rings (SSSR count). The zero-order valence-corrected chi connectivity index (χ0v) is 13.5. The molecular weight excluding hydrogens is 244 g/mol. The number of carbonyl (C=O) groups excluding carboxylic acids is 1. The van der Waals surface area contributed by atoms with Crippen LogP contribution in [0.3, 0.4) is 0 Å². The molecule has 0 radical (unpaired) electrons. The Morgan fingerprint density at radius 1 is 1.05 bits per heavy atom. The minimum Gasteiger partial charge on any atom is -0.299 e. The zero-order chi connectivity index (χ0) is 15.0. The van der Waals surface area contributed by atoms with Gasteiger partial charge in [-0.1, -0.05) is 71.1 Å². The van der Waals surface area contributed by atoms with Crippen molar-refractivity contribution in [3.63, 3.8) is 0 Å². The second-order valence-electron chi connectivity index (χ2n) is 7.75. The van der Waals surface area contributed by atoms with Crippen LogP contribution in [0.5, 0.6) is 0 Å². The molecule has 0 saturated heterocycles. The topological polar surface area (TPSA) is 17.1 Å². The molecule has 1 heteroatoms. The van der Waals surface area contributed by atoms with Gasteiger partial charge in [0.25, 0.3) is 0 Å². The lowest BCUT2D eigenvalue weighted by Crippen LogP contribution is -2.40. The van der Waals surface area contributed by atoms with Gasteiger partial charge < -0.3 is 0 Å². The Balaban J connectivity index is 2.32. The van der Waals surface area contributed by atoms with Crippen molar-refractivity contribution in [2.45, 2.75) is 47.5 Å². The van der Waals surface area contributed by atoms with Crippen LogP contribution < -0.4 is 0 Å². The van der Waals surface area contributed by atoms with Crippen molar-refractivity contribution in [1.29, 1.82) is 0 Å². The first-order valence-corrected chi connectivity index (χ1v) is 7.85. The maximum atomic E-state index is 13.0. The number of Topliss-reactive ketones (excluding diaryl/α,β-unsaturated/α-hetero) is 1. The summed E-state index contributed by atoms with van der Waals surface area (Å²) in [6, 6.07) is 0. The summed E-state index contributed by atoms with van der Waals surface area (Å²) in [5, 5.41) is 0. The molecule has 0 aromatic rings. The molecule has 0 aliphatic heterocycles. The number of ketones is 1. The third kappa shape index (κ3) is 2.82. The van der Waals surface area contributed by atoms with E-state index in [1.54, 1.807) is 0 Å². The molecule has 0 amide bonds. The summed E-state index contributed by atoms with van der Waals surface area (Å²) >= 11 is 0. The van der Waals surface area contributed by atoms with Crippen LogP contribution in [0.4, 0.5) is 0 Å². The molecular formula is C19H28O. The highest BCUT2D eigenvalue weighted by molar-refractivity contribution is 5.87. The summed E-state index contributed by atoms with van der Waals surface area (Å²) in [6.07, 6.45) is 15.3. The Labute approximate surface area is 123 Å². The molecule has 0 heterocycles. The summed E-state index contributed by atoms with van der Waals surface area (Å²) < 4.78 is 0. The number of allylic oxidation sites excluding steroid dienone is 6. The van der Waals surface area contributed by atoms with E-state index in [9.17, 15) is 4.79 Å². The van der Waals surface area contributed by atoms with Gasteiger partial charge in [0.1, 0.15) is 5.78 Å². The maximum absolute atomic E-state index is 13.0. The van der Waals surface area contributed by atoms with Crippen molar-refractivity contribution in [3.05, 3.63) is 36.5 Å². The Morgan fingerprint density at radius 2 is 1.55 bits per heavy atom. The van der Waals surface area contributed by atoms with E-state index >= 15 is 0 Å². The molecule has 1 atom stereocenters. The van der Waals surface area contributed by atoms with Gasteiger partial charge in [-0.15, -0.1) is 0 Å². The average molecular weight is 272 g/mol. The van der Waals surface area contributed by atoms with Gasteiger partial charge in [0.15, 0.2) is 0 Å².